The average molecular weight is 432 g/mol. The molecule has 2 rings (SSSR count). The second kappa shape index (κ2) is 11.4. The van der Waals surface area contributed by atoms with Crippen LogP contribution < -0.4 is 15.8 Å². The van der Waals surface area contributed by atoms with Crippen molar-refractivity contribution in [3.8, 4) is 5.75 Å². The van der Waals surface area contributed by atoms with Gasteiger partial charge < -0.3 is 20.5 Å². The van der Waals surface area contributed by atoms with Gasteiger partial charge in [-0.1, -0.05) is 37.4 Å². The highest BCUT2D eigenvalue weighted by Crippen LogP contribution is 2.32. The molecule has 2 aromatic carbocycles. The number of carbonyl (C=O) groups excluding carboxylic acids is 1. The van der Waals surface area contributed by atoms with Crippen molar-refractivity contribution in [2.75, 3.05) is 19.5 Å². The second-order valence-electron chi connectivity index (χ2n) is 6.86. The quantitative estimate of drug-likeness (QED) is 0.290. The summed E-state index contributed by atoms with van der Waals surface area (Å²) < 4.78 is 10.8. The number of amides is 1. The highest BCUT2D eigenvalue weighted by Gasteiger charge is 2.13. The molecule has 3 N–H and O–H groups in total. The first-order valence-electron chi connectivity index (χ1n) is 9.95. The molecule has 0 atom stereocenters. The Morgan fingerprint density at radius 2 is 1.84 bits per heavy atom. The lowest BCUT2D eigenvalue weighted by molar-refractivity contribution is 0.100. The molecule has 32 heavy (non-hydrogen) atoms. The molecule has 0 saturated heterocycles. The monoisotopic (exact) mass is 431 g/mol. The van der Waals surface area contributed by atoms with Crippen LogP contribution in [0.4, 0.5) is 11.4 Å². The van der Waals surface area contributed by atoms with Gasteiger partial charge in [-0.25, -0.2) is 0 Å². The zero-order chi connectivity index (χ0) is 23.7. The number of nitrogens with zero attached hydrogens (tertiary/aromatic N) is 1. The summed E-state index contributed by atoms with van der Waals surface area (Å²) in [6.07, 6.45) is 5.41. The number of rotatable bonds is 10. The maximum Gasteiger partial charge on any atom is 0.250 e. The predicted octanol–water partition coefficient (Wildman–Crippen LogP) is 5.63. The van der Waals surface area contributed by atoms with Crippen LogP contribution in [0.2, 0.25) is 0 Å². The maximum atomic E-state index is 11.8. The molecule has 0 aliphatic rings. The van der Waals surface area contributed by atoms with Gasteiger partial charge in [-0.05, 0) is 50.3 Å². The van der Waals surface area contributed by atoms with Crippen molar-refractivity contribution in [3.63, 3.8) is 0 Å². The van der Waals surface area contributed by atoms with Gasteiger partial charge in [0.2, 0.25) is 0 Å². The summed E-state index contributed by atoms with van der Waals surface area (Å²) in [4.78, 5) is 16.6. The third-order valence-corrected chi connectivity index (χ3v) is 4.77. The fourth-order valence-electron chi connectivity index (χ4n) is 3.03. The van der Waals surface area contributed by atoms with E-state index >= 15 is 0 Å². The highest BCUT2D eigenvalue weighted by atomic mass is 16.5. The molecular formula is C26H29N3O3. The van der Waals surface area contributed by atoms with E-state index in [0.29, 0.717) is 33.9 Å². The summed E-state index contributed by atoms with van der Waals surface area (Å²) in [5, 5.41) is 3.19. The van der Waals surface area contributed by atoms with Gasteiger partial charge in [-0.15, -0.1) is 0 Å². The Bertz CT molecular complexity index is 1110. The number of para-hydroxylation sites is 1. The van der Waals surface area contributed by atoms with E-state index in [4.69, 9.17) is 20.2 Å². The number of methoxy groups -OCH3 is 2. The third-order valence-electron chi connectivity index (χ3n) is 4.77. The first-order chi connectivity index (χ1) is 15.3. The number of nitrogens with one attached hydrogen (secondary N) is 1. The third kappa shape index (κ3) is 5.98. The number of carbonyl (C=O) groups is 1. The van der Waals surface area contributed by atoms with Crippen LogP contribution >= 0.6 is 0 Å². The van der Waals surface area contributed by atoms with E-state index in [1.54, 1.807) is 38.5 Å². The Balaban J connectivity index is 2.54. The standard InChI is InChI=1S/C26H29N3O3/c1-7-8-11-21(19(4)31-5)17(2)28-25-15-14-20(32-6)16-23(25)18(3)29-24-13-10-9-12-22(24)26(27)30/h7-16,29H,1,3H2,2,4-6H3,(H2,27,30)/b11-8-,21-19-,28-17?. The zero-order valence-electron chi connectivity index (χ0n) is 18.9. The smallest absolute Gasteiger partial charge is 0.250 e. The highest BCUT2D eigenvalue weighted by molar-refractivity contribution is 6.04. The molecule has 0 saturated carbocycles. The fraction of sp³-hybridized carbons (Fsp3) is 0.154. The minimum atomic E-state index is -0.528. The largest absolute Gasteiger partial charge is 0.501 e. The minimum absolute atomic E-state index is 0.369. The number of hydrogen-bond donors (Lipinski definition) is 2. The van der Waals surface area contributed by atoms with Crippen molar-refractivity contribution in [2.45, 2.75) is 13.8 Å². The number of nitrogens with two attached hydrogens (primary N) is 1. The lowest BCUT2D eigenvalue weighted by Crippen LogP contribution is -2.13. The number of anilines is 1. The van der Waals surface area contributed by atoms with Gasteiger partial charge in [0.25, 0.3) is 5.91 Å². The van der Waals surface area contributed by atoms with Crippen molar-refractivity contribution < 1.29 is 14.3 Å². The van der Waals surface area contributed by atoms with Crippen molar-refractivity contribution in [2.24, 2.45) is 10.7 Å². The van der Waals surface area contributed by atoms with Crippen molar-refractivity contribution >= 4 is 28.7 Å². The topological polar surface area (TPSA) is 85.9 Å². The molecule has 1 amide bonds. The van der Waals surface area contributed by atoms with Crippen LogP contribution in [-0.2, 0) is 4.74 Å². The molecular weight excluding hydrogens is 402 g/mol. The number of ether oxygens (including phenoxy) is 2. The first-order valence-corrected chi connectivity index (χ1v) is 9.95. The van der Waals surface area contributed by atoms with Gasteiger partial charge in [-0.3, -0.25) is 9.79 Å². The zero-order valence-corrected chi connectivity index (χ0v) is 18.9. The van der Waals surface area contributed by atoms with Gasteiger partial charge in [0.15, 0.2) is 0 Å². The van der Waals surface area contributed by atoms with Crippen molar-refractivity contribution in [1.82, 2.24) is 0 Å². The molecule has 0 fully saturated rings. The lowest BCUT2D eigenvalue weighted by atomic mass is 10.1. The van der Waals surface area contributed by atoms with E-state index in [0.717, 1.165) is 17.0 Å². The predicted molar refractivity (Wildman–Crippen MR) is 132 cm³/mol. The summed E-state index contributed by atoms with van der Waals surface area (Å²) in [7, 11) is 3.21. The molecule has 0 aromatic heterocycles. The number of allylic oxidation sites excluding steroid dienone is 5. The summed E-state index contributed by atoms with van der Waals surface area (Å²) in [6, 6.07) is 12.5. The Labute approximate surface area is 189 Å². The number of aliphatic imine (C=N–C) groups is 1. The Morgan fingerprint density at radius 1 is 1.12 bits per heavy atom. The number of benzene rings is 2. The summed E-state index contributed by atoms with van der Waals surface area (Å²) >= 11 is 0. The van der Waals surface area contributed by atoms with Crippen LogP contribution in [0.3, 0.4) is 0 Å². The van der Waals surface area contributed by atoms with Gasteiger partial charge in [-0.2, -0.15) is 0 Å². The summed E-state index contributed by atoms with van der Waals surface area (Å²) in [5.74, 6) is 0.851. The van der Waals surface area contributed by atoms with E-state index in [1.807, 2.05) is 50.3 Å². The molecule has 166 valence electrons. The first kappa shape index (κ1) is 24.2. The van der Waals surface area contributed by atoms with E-state index in [2.05, 4.69) is 18.5 Å². The molecule has 0 spiro atoms. The number of primary amides is 1. The van der Waals surface area contributed by atoms with E-state index in [9.17, 15) is 4.79 Å². The van der Waals surface area contributed by atoms with Gasteiger partial charge in [0.1, 0.15) is 11.5 Å². The molecule has 0 heterocycles. The lowest BCUT2D eigenvalue weighted by Gasteiger charge is -2.16. The van der Waals surface area contributed by atoms with Crippen LogP contribution in [0.15, 0.2) is 90.2 Å². The van der Waals surface area contributed by atoms with E-state index in [-0.39, 0.29) is 0 Å². The van der Waals surface area contributed by atoms with Crippen molar-refractivity contribution in [1.29, 1.82) is 0 Å². The Kier molecular flexibility index (Phi) is 8.60. The number of hydrogen-bond acceptors (Lipinski definition) is 5. The summed E-state index contributed by atoms with van der Waals surface area (Å²) in [5.41, 5.74) is 9.95. The molecule has 0 bridgehead atoms. The second-order valence-corrected chi connectivity index (χ2v) is 6.86. The van der Waals surface area contributed by atoms with Crippen LogP contribution in [0.5, 0.6) is 5.75 Å². The molecule has 0 aliphatic carbocycles. The Hall–Kier alpha value is -4.06. The molecule has 2 aromatic rings. The van der Waals surface area contributed by atoms with Gasteiger partial charge in [0, 0.05) is 22.5 Å². The van der Waals surface area contributed by atoms with Crippen LogP contribution in [0.25, 0.3) is 5.70 Å². The van der Waals surface area contributed by atoms with E-state index < -0.39 is 5.91 Å². The van der Waals surface area contributed by atoms with Crippen molar-refractivity contribution in [3.05, 3.63) is 96.3 Å². The maximum absolute atomic E-state index is 11.8. The molecule has 6 heteroatoms. The Morgan fingerprint density at radius 3 is 2.47 bits per heavy atom. The van der Waals surface area contributed by atoms with Gasteiger partial charge in [0.05, 0.1) is 31.2 Å². The molecule has 0 radical (unpaired) electrons. The van der Waals surface area contributed by atoms with E-state index in [1.165, 1.54) is 0 Å². The van der Waals surface area contributed by atoms with Gasteiger partial charge >= 0.3 is 0 Å². The summed E-state index contributed by atoms with van der Waals surface area (Å²) in [6.45, 7) is 11.7. The molecule has 0 aliphatic heterocycles. The normalized spacial score (nSPS) is 12.2. The van der Waals surface area contributed by atoms with Crippen LogP contribution in [0.1, 0.15) is 29.8 Å². The minimum Gasteiger partial charge on any atom is -0.501 e. The SMILES string of the molecule is C=C/C=C\C(C(C)=Nc1ccc(OC)cc1C(=C)Nc1ccccc1C(N)=O)=C(/C)OC. The molecule has 0 unspecified atom stereocenters. The van der Waals surface area contributed by atoms with Crippen LogP contribution in [0, 0.1) is 0 Å². The average Bonchev–Trinajstić information content (AvgIpc) is 2.79. The fourth-order valence-corrected chi connectivity index (χ4v) is 3.03. The van der Waals surface area contributed by atoms with Crippen LogP contribution in [-0.4, -0.2) is 25.8 Å². The molecule has 6 nitrogen and oxygen atoms in total.